The van der Waals surface area contributed by atoms with Gasteiger partial charge in [-0.25, -0.2) is 0 Å². The first kappa shape index (κ1) is 20.2. The third-order valence-corrected chi connectivity index (χ3v) is 5.89. The molecule has 0 amide bonds. The van der Waals surface area contributed by atoms with Gasteiger partial charge >= 0.3 is 0 Å². The Labute approximate surface area is 164 Å². The molecule has 2 bridgehead atoms. The number of hydrogen-bond acceptors (Lipinski definition) is 4. The number of aliphatic imine (C=N–C) groups is 1. The van der Waals surface area contributed by atoms with Gasteiger partial charge in [0.05, 0.1) is 0 Å². The van der Waals surface area contributed by atoms with Crippen molar-refractivity contribution in [2.45, 2.75) is 32.4 Å². The lowest BCUT2D eigenvalue weighted by Gasteiger charge is -2.47. The van der Waals surface area contributed by atoms with E-state index in [0.717, 1.165) is 38.7 Å². The molecule has 2 unspecified atom stereocenters. The molecule has 2 atom stereocenters. The van der Waals surface area contributed by atoms with Crippen molar-refractivity contribution in [3.63, 3.8) is 0 Å². The molecule has 0 aromatic heterocycles. The summed E-state index contributed by atoms with van der Waals surface area (Å²) in [6.07, 6.45) is 1.26. The van der Waals surface area contributed by atoms with E-state index in [1.807, 2.05) is 7.05 Å². The van der Waals surface area contributed by atoms with Crippen LogP contribution in [0.3, 0.4) is 0 Å². The average molecular weight is 450 g/mol. The van der Waals surface area contributed by atoms with E-state index in [4.69, 9.17) is 0 Å². The second-order valence-electron chi connectivity index (χ2n) is 7.03. The van der Waals surface area contributed by atoms with Crippen LogP contribution in [0.25, 0.3) is 0 Å². The van der Waals surface area contributed by atoms with Gasteiger partial charge in [-0.2, -0.15) is 0 Å². The Hall–Kier alpha value is -0.120. The third-order valence-electron chi connectivity index (χ3n) is 5.89. The standard InChI is InChI=1S/C17H34N6.HI/c1-4-21(5-2)15-6-7-23(14-15)17(18-3)19-12-16-13-20-8-10-22(16)11-9-20;/h15-16H,4-14H2,1-3H3,(H,18,19);1H. The van der Waals surface area contributed by atoms with Gasteiger partial charge < -0.3 is 10.2 Å². The van der Waals surface area contributed by atoms with Gasteiger partial charge in [-0.3, -0.25) is 19.7 Å². The molecule has 0 saturated carbocycles. The molecule has 4 rings (SSSR count). The van der Waals surface area contributed by atoms with Gasteiger partial charge in [0, 0.05) is 71.5 Å². The van der Waals surface area contributed by atoms with Gasteiger partial charge in [0.1, 0.15) is 0 Å². The molecular weight excluding hydrogens is 415 g/mol. The van der Waals surface area contributed by atoms with Crippen molar-refractivity contribution in [3.8, 4) is 0 Å². The fraction of sp³-hybridized carbons (Fsp3) is 0.941. The highest BCUT2D eigenvalue weighted by atomic mass is 127. The normalized spacial score (nSPS) is 33.0. The molecule has 24 heavy (non-hydrogen) atoms. The maximum atomic E-state index is 4.54. The smallest absolute Gasteiger partial charge is 0.193 e. The summed E-state index contributed by atoms with van der Waals surface area (Å²) in [6.45, 7) is 16.3. The number of rotatable bonds is 5. The first-order valence-electron chi connectivity index (χ1n) is 9.41. The SMILES string of the molecule is CCN(CC)C1CCN(C(=NC)NCC2CN3CCN2CC3)C1.I. The molecular formula is C17H35IN6. The molecule has 0 spiro atoms. The van der Waals surface area contributed by atoms with Crippen molar-refractivity contribution in [3.05, 3.63) is 0 Å². The first-order valence-corrected chi connectivity index (χ1v) is 9.41. The molecule has 140 valence electrons. The van der Waals surface area contributed by atoms with Crippen LogP contribution in [0, 0.1) is 0 Å². The highest BCUT2D eigenvalue weighted by Crippen LogP contribution is 2.17. The Morgan fingerprint density at radius 1 is 1.08 bits per heavy atom. The van der Waals surface area contributed by atoms with E-state index in [1.54, 1.807) is 0 Å². The lowest BCUT2D eigenvalue weighted by Crippen LogP contribution is -2.64. The fourth-order valence-corrected chi connectivity index (χ4v) is 4.43. The Bertz CT molecular complexity index is 406. The molecule has 4 aliphatic rings. The Kier molecular flexibility index (Phi) is 8.03. The van der Waals surface area contributed by atoms with Gasteiger partial charge in [0.25, 0.3) is 0 Å². The van der Waals surface area contributed by atoms with Gasteiger partial charge in [-0.05, 0) is 19.5 Å². The molecule has 4 heterocycles. The van der Waals surface area contributed by atoms with Crippen LogP contribution in [-0.4, -0.2) is 110 Å². The lowest BCUT2D eigenvalue weighted by molar-refractivity contribution is 0.0152. The molecule has 4 fully saturated rings. The van der Waals surface area contributed by atoms with E-state index >= 15 is 0 Å². The highest BCUT2D eigenvalue weighted by Gasteiger charge is 2.33. The predicted octanol–water partition coefficient (Wildman–Crippen LogP) is 0.596. The van der Waals surface area contributed by atoms with E-state index < -0.39 is 0 Å². The lowest BCUT2D eigenvalue weighted by atomic mass is 10.1. The van der Waals surface area contributed by atoms with Crippen molar-refractivity contribution in [2.75, 3.05) is 72.5 Å². The van der Waals surface area contributed by atoms with E-state index in [-0.39, 0.29) is 24.0 Å². The summed E-state index contributed by atoms with van der Waals surface area (Å²) in [5.41, 5.74) is 0. The van der Waals surface area contributed by atoms with Crippen LogP contribution in [0.4, 0.5) is 0 Å². The minimum Gasteiger partial charge on any atom is -0.355 e. The molecule has 6 nitrogen and oxygen atoms in total. The van der Waals surface area contributed by atoms with Crippen LogP contribution in [0.5, 0.6) is 0 Å². The van der Waals surface area contributed by atoms with E-state index in [1.165, 1.54) is 39.1 Å². The van der Waals surface area contributed by atoms with E-state index in [0.29, 0.717) is 12.1 Å². The molecule has 0 aromatic rings. The van der Waals surface area contributed by atoms with Crippen LogP contribution in [0.1, 0.15) is 20.3 Å². The summed E-state index contributed by atoms with van der Waals surface area (Å²) in [6, 6.07) is 1.33. The monoisotopic (exact) mass is 450 g/mol. The molecule has 4 saturated heterocycles. The first-order chi connectivity index (χ1) is 11.2. The van der Waals surface area contributed by atoms with Gasteiger partial charge in [0.2, 0.25) is 0 Å². The molecule has 7 heteroatoms. The third kappa shape index (κ3) is 4.53. The molecule has 1 N–H and O–H groups in total. The van der Waals surface area contributed by atoms with E-state index in [2.05, 4.69) is 43.8 Å². The largest absolute Gasteiger partial charge is 0.355 e. The highest BCUT2D eigenvalue weighted by molar-refractivity contribution is 14.0. The summed E-state index contributed by atoms with van der Waals surface area (Å²) >= 11 is 0. The number of nitrogens with one attached hydrogen (secondary N) is 1. The van der Waals surface area contributed by atoms with Gasteiger partial charge in [-0.15, -0.1) is 24.0 Å². The fourth-order valence-electron chi connectivity index (χ4n) is 4.43. The van der Waals surface area contributed by atoms with Crippen LogP contribution in [0.2, 0.25) is 0 Å². The van der Waals surface area contributed by atoms with Crippen molar-refractivity contribution in [2.24, 2.45) is 4.99 Å². The van der Waals surface area contributed by atoms with E-state index in [9.17, 15) is 0 Å². The number of likely N-dealkylation sites (tertiary alicyclic amines) is 1. The second kappa shape index (κ2) is 9.54. The second-order valence-corrected chi connectivity index (χ2v) is 7.03. The number of guanidine groups is 1. The van der Waals surface area contributed by atoms with Gasteiger partial charge in [0.15, 0.2) is 5.96 Å². The molecule has 4 aliphatic heterocycles. The number of likely N-dealkylation sites (N-methyl/N-ethyl adjacent to an activating group) is 1. The summed E-state index contributed by atoms with van der Waals surface area (Å²) in [5, 5.41) is 3.65. The number of halogens is 1. The Morgan fingerprint density at radius 2 is 1.79 bits per heavy atom. The quantitative estimate of drug-likeness (QED) is 0.377. The number of nitrogens with zero attached hydrogens (tertiary/aromatic N) is 5. The molecule has 0 aliphatic carbocycles. The van der Waals surface area contributed by atoms with Gasteiger partial charge in [-0.1, -0.05) is 13.8 Å². The summed E-state index contributed by atoms with van der Waals surface area (Å²) < 4.78 is 0. The number of piperazine rings is 3. The maximum Gasteiger partial charge on any atom is 0.193 e. The zero-order valence-corrected chi connectivity index (χ0v) is 17.9. The summed E-state index contributed by atoms with van der Waals surface area (Å²) in [5.74, 6) is 1.09. The zero-order valence-electron chi connectivity index (χ0n) is 15.6. The van der Waals surface area contributed by atoms with Crippen LogP contribution < -0.4 is 5.32 Å². The number of hydrogen-bond donors (Lipinski definition) is 1. The topological polar surface area (TPSA) is 37.4 Å². The van der Waals surface area contributed by atoms with Crippen LogP contribution in [0.15, 0.2) is 4.99 Å². The van der Waals surface area contributed by atoms with Crippen molar-refractivity contribution in [1.29, 1.82) is 0 Å². The molecule has 0 aromatic carbocycles. The minimum atomic E-state index is 0. The minimum absolute atomic E-state index is 0. The summed E-state index contributed by atoms with van der Waals surface area (Å²) in [7, 11) is 1.92. The average Bonchev–Trinajstić information content (AvgIpc) is 3.07. The predicted molar refractivity (Wildman–Crippen MR) is 111 cm³/mol. The van der Waals surface area contributed by atoms with Crippen molar-refractivity contribution in [1.82, 2.24) is 24.9 Å². The molecule has 0 radical (unpaired) electrons. The summed E-state index contributed by atoms with van der Waals surface area (Å²) in [4.78, 5) is 14.8. The zero-order chi connectivity index (χ0) is 16.2. The van der Waals surface area contributed by atoms with Crippen molar-refractivity contribution >= 4 is 29.9 Å². The van der Waals surface area contributed by atoms with Crippen LogP contribution >= 0.6 is 24.0 Å². The Balaban J connectivity index is 0.00000208. The maximum absolute atomic E-state index is 4.54. The van der Waals surface area contributed by atoms with Crippen molar-refractivity contribution < 1.29 is 0 Å². The van der Waals surface area contributed by atoms with Crippen LogP contribution in [-0.2, 0) is 0 Å². The number of fused-ring (bicyclic) bond motifs is 3. The Morgan fingerprint density at radius 3 is 2.33 bits per heavy atom.